The quantitative estimate of drug-likeness (QED) is 0.842. The van der Waals surface area contributed by atoms with Crippen molar-refractivity contribution in [2.45, 2.75) is 19.5 Å². The molecule has 0 aliphatic heterocycles. The van der Waals surface area contributed by atoms with Crippen molar-refractivity contribution in [2.75, 3.05) is 6.54 Å². The van der Waals surface area contributed by atoms with Gasteiger partial charge in [0.1, 0.15) is 0 Å². The second-order valence-electron chi connectivity index (χ2n) is 4.35. The Labute approximate surface area is 108 Å². The number of benzene rings is 1. The van der Waals surface area contributed by atoms with Gasteiger partial charge >= 0.3 is 0 Å². The maximum atomic E-state index is 4.19. The molecule has 3 heteroatoms. The Morgan fingerprint density at radius 3 is 2.83 bits per heavy atom. The molecular formula is C15H19N3. The minimum Gasteiger partial charge on any atom is -0.309 e. The topological polar surface area (TPSA) is 29.9 Å². The van der Waals surface area contributed by atoms with Crippen LogP contribution in [0.15, 0.2) is 54.9 Å². The van der Waals surface area contributed by atoms with Crippen LogP contribution in [0.5, 0.6) is 0 Å². The van der Waals surface area contributed by atoms with Crippen molar-refractivity contribution in [3.8, 4) is 0 Å². The third-order valence-electron chi connectivity index (χ3n) is 2.71. The van der Waals surface area contributed by atoms with Crippen LogP contribution in [0, 0.1) is 0 Å². The molecule has 0 amide bonds. The van der Waals surface area contributed by atoms with Crippen LogP contribution in [0.2, 0.25) is 0 Å². The van der Waals surface area contributed by atoms with Crippen molar-refractivity contribution in [1.29, 1.82) is 0 Å². The standard InChI is InChI=1S/C15H19N3/c1-14(13-18-12-6-11-17-18)16-10-5-9-15-7-3-2-4-8-15/h2-9,11-12,14,16H,10,13H2,1H3/b9-5+/t14-/m1/s1. The number of rotatable bonds is 6. The first-order valence-corrected chi connectivity index (χ1v) is 6.27. The molecule has 0 aliphatic carbocycles. The second-order valence-corrected chi connectivity index (χ2v) is 4.35. The molecule has 0 fully saturated rings. The highest BCUT2D eigenvalue weighted by Crippen LogP contribution is 2.00. The van der Waals surface area contributed by atoms with Gasteiger partial charge in [-0.2, -0.15) is 5.10 Å². The number of aromatic nitrogens is 2. The van der Waals surface area contributed by atoms with E-state index in [-0.39, 0.29) is 0 Å². The average Bonchev–Trinajstić information content (AvgIpc) is 2.89. The number of nitrogens with one attached hydrogen (secondary N) is 1. The normalized spacial score (nSPS) is 12.9. The van der Waals surface area contributed by atoms with Gasteiger partial charge in [-0.25, -0.2) is 0 Å². The van der Waals surface area contributed by atoms with Crippen LogP contribution in [0.3, 0.4) is 0 Å². The van der Waals surface area contributed by atoms with Gasteiger partial charge < -0.3 is 5.32 Å². The third-order valence-corrected chi connectivity index (χ3v) is 2.71. The summed E-state index contributed by atoms with van der Waals surface area (Å²) < 4.78 is 1.94. The van der Waals surface area contributed by atoms with Crippen LogP contribution < -0.4 is 5.32 Å². The fraction of sp³-hybridized carbons (Fsp3) is 0.267. The lowest BCUT2D eigenvalue weighted by Crippen LogP contribution is -2.30. The van der Waals surface area contributed by atoms with E-state index < -0.39 is 0 Å². The first-order valence-electron chi connectivity index (χ1n) is 6.27. The lowest BCUT2D eigenvalue weighted by atomic mass is 10.2. The molecule has 2 rings (SSSR count). The van der Waals surface area contributed by atoms with E-state index in [0.29, 0.717) is 6.04 Å². The summed E-state index contributed by atoms with van der Waals surface area (Å²) in [5, 5.41) is 7.63. The highest BCUT2D eigenvalue weighted by Gasteiger charge is 2.00. The molecule has 1 atom stereocenters. The molecule has 2 aromatic rings. The highest BCUT2D eigenvalue weighted by molar-refractivity contribution is 5.48. The van der Waals surface area contributed by atoms with Gasteiger partial charge in [-0.05, 0) is 18.6 Å². The molecule has 1 aromatic carbocycles. The molecule has 0 saturated carbocycles. The average molecular weight is 241 g/mol. The van der Waals surface area contributed by atoms with Gasteiger partial charge in [-0.3, -0.25) is 4.68 Å². The Bertz CT molecular complexity index is 460. The maximum Gasteiger partial charge on any atom is 0.0560 e. The Morgan fingerprint density at radius 2 is 2.11 bits per heavy atom. The van der Waals surface area contributed by atoms with Crippen molar-refractivity contribution >= 4 is 6.08 Å². The lowest BCUT2D eigenvalue weighted by molar-refractivity contribution is 0.469. The monoisotopic (exact) mass is 241 g/mol. The molecule has 94 valence electrons. The first kappa shape index (κ1) is 12.6. The van der Waals surface area contributed by atoms with E-state index >= 15 is 0 Å². The maximum absolute atomic E-state index is 4.19. The van der Waals surface area contributed by atoms with Gasteiger partial charge in [0, 0.05) is 25.0 Å². The number of nitrogens with zero attached hydrogens (tertiary/aromatic N) is 2. The number of hydrogen-bond donors (Lipinski definition) is 1. The predicted octanol–water partition coefficient (Wildman–Crippen LogP) is 2.57. The minimum absolute atomic E-state index is 0.408. The molecule has 1 N–H and O–H groups in total. The van der Waals surface area contributed by atoms with Crippen molar-refractivity contribution in [3.05, 3.63) is 60.4 Å². The molecule has 0 aliphatic rings. The van der Waals surface area contributed by atoms with E-state index in [2.05, 4.69) is 41.6 Å². The minimum atomic E-state index is 0.408. The van der Waals surface area contributed by atoms with E-state index in [1.165, 1.54) is 5.56 Å². The Balaban J connectivity index is 1.70. The molecule has 0 bridgehead atoms. The molecule has 1 heterocycles. The van der Waals surface area contributed by atoms with E-state index in [0.717, 1.165) is 13.1 Å². The molecule has 0 unspecified atom stereocenters. The zero-order valence-corrected chi connectivity index (χ0v) is 10.7. The molecule has 0 spiro atoms. The SMILES string of the molecule is C[C@H](Cn1cccn1)NC/C=C/c1ccccc1. The Hall–Kier alpha value is -1.87. The van der Waals surface area contributed by atoms with Crippen LogP contribution in [0.4, 0.5) is 0 Å². The van der Waals surface area contributed by atoms with Gasteiger partial charge in [0.05, 0.1) is 6.54 Å². The third kappa shape index (κ3) is 4.18. The summed E-state index contributed by atoms with van der Waals surface area (Å²) in [7, 11) is 0. The van der Waals surface area contributed by atoms with Gasteiger partial charge in [0.15, 0.2) is 0 Å². The molecule has 3 nitrogen and oxygen atoms in total. The molecule has 0 radical (unpaired) electrons. The fourth-order valence-corrected chi connectivity index (χ4v) is 1.78. The first-order chi connectivity index (χ1) is 8.84. The van der Waals surface area contributed by atoms with Crippen LogP contribution in [0.1, 0.15) is 12.5 Å². The van der Waals surface area contributed by atoms with E-state index in [9.17, 15) is 0 Å². The van der Waals surface area contributed by atoms with Crippen LogP contribution in [-0.4, -0.2) is 22.4 Å². The summed E-state index contributed by atoms with van der Waals surface area (Å²) in [6.45, 7) is 3.93. The van der Waals surface area contributed by atoms with E-state index in [1.54, 1.807) is 0 Å². The largest absolute Gasteiger partial charge is 0.309 e. The van der Waals surface area contributed by atoms with Gasteiger partial charge in [0.25, 0.3) is 0 Å². The predicted molar refractivity (Wildman–Crippen MR) is 75.2 cm³/mol. The van der Waals surface area contributed by atoms with E-state index in [4.69, 9.17) is 0 Å². The fourth-order valence-electron chi connectivity index (χ4n) is 1.78. The van der Waals surface area contributed by atoms with Crippen molar-refractivity contribution < 1.29 is 0 Å². The Morgan fingerprint density at radius 1 is 1.28 bits per heavy atom. The van der Waals surface area contributed by atoms with E-state index in [1.807, 2.05) is 41.3 Å². The van der Waals surface area contributed by atoms with Crippen molar-refractivity contribution in [3.63, 3.8) is 0 Å². The summed E-state index contributed by atoms with van der Waals surface area (Å²) in [5.74, 6) is 0. The van der Waals surface area contributed by atoms with Crippen LogP contribution >= 0.6 is 0 Å². The summed E-state index contributed by atoms with van der Waals surface area (Å²) in [6.07, 6.45) is 8.07. The summed E-state index contributed by atoms with van der Waals surface area (Å²) in [5.41, 5.74) is 1.24. The smallest absolute Gasteiger partial charge is 0.0560 e. The summed E-state index contributed by atoms with van der Waals surface area (Å²) in [6, 6.07) is 12.7. The molecule has 0 saturated heterocycles. The Kier molecular flexibility index (Phi) is 4.73. The van der Waals surface area contributed by atoms with Gasteiger partial charge in [-0.15, -0.1) is 0 Å². The summed E-state index contributed by atoms with van der Waals surface area (Å²) in [4.78, 5) is 0. The van der Waals surface area contributed by atoms with Gasteiger partial charge in [-0.1, -0.05) is 42.5 Å². The lowest BCUT2D eigenvalue weighted by Gasteiger charge is -2.12. The molecular weight excluding hydrogens is 222 g/mol. The van der Waals surface area contributed by atoms with Crippen molar-refractivity contribution in [2.24, 2.45) is 0 Å². The highest BCUT2D eigenvalue weighted by atomic mass is 15.3. The van der Waals surface area contributed by atoms with Crippen LogP contribution in [-0.2, 0) is 6.54 Å². The van der Waals surface area contributed by atoms with Crippen molar-refractivity contribution in [1.82, 2.24) is 15.1 Å². The zero-order chi connectivity index (χ0) is 12.6. The molecule has 18 heavy (non-hydrogen) atoms. The molecule has 1 aromatic heterocycles. The van der Waals surface area contributed by atoms with Crippen LogP contribution in [0.25, 0.3) is 6.08 Å². The zero-order valence-electron chi connectivity index (χ0n) is 10.7. The van der Waals surface area contributed by atoms with Gasteiger partial charge in [0.2, 0.25) is 0 Å². The second kappa shape index (κ2) is 6.77. The number of hydrogen-bond acceptors (Lipinski definition) is 2. The summed E-state index contributed by atoms with van der Waals surface area (Å²) >= 11 is 0.